The maximum atomic E-state index is 10.7. The van der Waals surface area contributed by atoms with Gasteiger partial charge in [-0.05, 0) is 60.9 Å². The molecular weight excluding hydrogens is 224 g/mol. The number of ether oxygens (including phenoxy) is 1. The Hall–Kier alpha value is -1.02. The zero-order valence-corrected chi connectivity index (χ0v) is 11.9. The van der Waals surface area contributed by atoms with E-state index < -0.39 is 0 Å². The van der Waals surface area contributed by atoms with Gasteiger partial charge in [-0.25, -0.2) is 0 Å². The number of aliphatic hydroxyl groups excluding tert-OH is 1. The minimum atomic E-state index is -0.357. The van der Waals surface area contributed by atoms with Gasteiger partial charge in [0.25, 0.3) is 0 Å². The fourth-order valence-electron chi connectivity index (χ4n) is 3.16. The Morgan fingerprint density at radius 2 is 1.78 bits per heavy atom. The molecule has 2 nitrogen and oxygen atoms in total. The molecule has 1 saturated carbocycles. The molecule has 1 unspecified atom stereocenters. The Kier molecular flexibility index (Phi) is 3.67. The van der Waals surface area contributed by atoms with Gasteiger partial charge in [0.05, 0.1) is 13.2 Å². The largest absolute Gasteiger partial charge is 0.496 e. The van der Waals surface area contributed by atoms with Crippen molar-refractivity contribution in [2.45, 2.75) is 52.6 Å². The van der Waals surface area contributed by atoms with E-state index in [0.717, 1.165) is 35.3 Å². The van der Waals surface area contributed by atoms with Gasteiger partial charge in [-0.1, -0.05) is 19.8 Å². The van der Waals surface area contributed by atoms with Crippen LogP contribution in [0, 0.1) is 19.3 Å². The number of benzene rings is 1. The second-order valence-electron chi connectivity index (χ2n) is 5.94. The summed E-state index contributed by atoms with van der Waals surface area (Å²) in [4.78, 5) is 0. The first-order chi connectivity index (χ1) is 8.48. The molecule has 0 amide bonds. The van der Waals surface area contributed by atoms with E-state index in [0.29, 0.717) is 0 Å². The van der Waals surface area contributed by atoms with Crippen LogP contribution < -0.4 is 4.74 Å². The van der Waals surface area contributed by atoms with Crippen molar-refractivity contribution in [2.24, 2.45) is 5.41 Å². The van der Waals surface area contributed by atoms with Crippen LogP contribution in [0.4, 0.5) is 0 Å². The third-order valence-corrected chi connectivity index (χ3v) is 4.48. The first-order valence-corrected chi connectivity index (χ1v) is 6.81. The van der Waals surface area contributed by atoms with Crippen molar-refractivity contribution in [1.82, 2.24) is 0 Å². The lowest BCUT2D eigenvalue weighted by Gasteiger charge is -2.31. The minimum Gasteiger partial charge on any atom is -0.496 e. The van der Waals surface area contributed by atoms with Crippen LogP contribution in [0.1, 0.15) is 55.4 Å². The van der Waals surface area contributed by atoms with Crippen LogP contribution in [-0.2, 0) is 0 Å². The second-order valence-corrected chi connectivity index (χ2v) is 5.94. The van der Waals surface area contributed by atoms with Crippen LogP contribution in [0.15, 0.2) is 12.1 Å². The molecule has 0 aromatic heterocycles. The second kappa shape index (κ2) is 4.93. The zero-order valence-electron chi connectivity index (χ0n) is 11.9. The monoisotopic (exact) mass is 248 g/mol. The number of aliphatic hydroxyl groups is 1. The molecule has 1 fully saturated rings. The Morgan fingerprint density at radius 3 is 2.33 bits per heavy atom. The highest BCUT2D eigenvalue weighted by molar-refractivity contribution is 5.43. The lowest BCUT2D eigenvalue weighted by Crippen LogP contribution is -2.22. The third-order valence-electron chi connectivity index (χ3n) is 4.48. The topological polar surface area (TPSA) is 29.5 Å². The predicted molar refractivity (Wildman–Crippen MR) is 74.0 cm³/mol. The van der Waals surface area contributed by atoms with Crippen molar-refractivity contribution < 1.29 is 9.84 Å². The van der Waals surface area contributed by atoms with Crippen molar-refractivity contribution in [1.29, 1.82) is 0 Å². The predicted octanol–water partition coefficient (Wildman–Crippen LogP) is 3.93. The van der Waals surface area contributed by atoms with Crippen LogP contribution in [0.25, 0.3) is 0 Å². The lowest BCUT2D eigenvalue weighted by atomic mass is 9.78. The summed E-state index contributed by atoms with van der Waals surface area (Å²) in [7, 11) is 1.69. The van der Waals surface area contributed by atoms with Crippen molar-refractivity contribution in [3.05, 3.63) is 28.8 Å². The number of rotatable bonds is 3. The zero-order chi connectivity index (χ0) is 13.3. The van der Waals surface area contributed by atoms with Gasteiger partial charge in [0, 0.05) is 0 Å². The molecule has 0 saturated heterocycles. The van der Waals surface area contributed by atoms with Crippen molar-refractivity contribution in [2.75, 3.05) is 7.11 Å². The van der Waals surface area contributed by atoms with Gasteiger partial charge in [0.1, 0.15) is 5.75 Å². The standard InChI is InChI=1S/C16H24O2/c1-11-10-14(18-4)12(2)9-13(11)15(17)16(3)7-5-6-8-16/h9-10,15,17H,5-8H2,1-4H3. The molecule has 2 rings (SSSR count). The number of aryl methyl sites for hydroxylation is 2. The molecule has 1 aliphatic rings. The summed E-state index contributed by atoms with van der Waals surface area (Å²) >= 11 is 0. The Bertz CT molecular complexity index is 431. The molecule has 0 bridgehead atoms. The maximum absolute atomic E-state index is 10.7. The Balaban J connectivity index is 2.36. The van der Waals surface area contributed by atoms with Crippen molar-refractivity contribution in [3.63, 3.8) is 0 Å². The van der Waals surface area contributed by atoms with Gasteiger partial charge < -0.3 is 9.84 Å². The van der Waals surface area contributed by atoms with Gasteiger partial charge in [-0.15, -0.1) is 0 Å². The van der Waals surface area contributed by atoms with E-state index >= 15 is 0 Å². The summed E-state index contributed by atoms with van der Waals surface area (Å²) in [6.07, 6.45) is 4.37. The average molecular weight is 248 g/mol. The lowest BCUT2D eigenvalue weighted by molar-refractivity contribution is 0.0402. The van der Waals surface area contributed by atoms with E-state index in [1.165, 1.54) is 12.8 Å². The van der Waals surface area contributed by atoms with Gasteiger partial charge in [-0.2, -0.15) is 0 Å². The van der Waals surface area contributed by atoms with E-state index in [9.17, 15) is 5.11 Å². The highest BCUT2D eigenvalue weighted by atomic mass is 16.5. The molecule has 1 N–H and O–H groups in total. The Morgan fingerprint density at radius 1 is 1.17 bits per heavy atom. The fraction of sp³-hybridized carbons (Fsp3) is 0.625. The Labute approximate surface area is 110 Å². The quantitative estimate of drug-likeness (QED) is 0.878. The summed E-state index contributed by atoms with van der Waals surface area (Å²) in [5, 5.41) is 10.7. The smallest absolute Gasteiger partial charge is 0.122 e. The summed E-state index contributed by atoms with van der Waals surface area (Å²) < 4.78 is 5.33. The molecule has 2 heteroatoms. The van der Waals surface area contributed by atoms with Crippen LogP contribution in [0.3, 0.4) is 0 Å². The number of hydrogen-bond donors (Lipinski definition) is 1. The van der Waals surface area contributed by atoms with Crippen LogP contribution >= 0.6 is 0 Å². The van der Waals surface area contributed by atoms with Crippen LogP contribution in [0.5, 0.6) is 5.75 Å². The molecule has 1 aliphatic carbocycles. The summed E-state index contributed by atoms with van der Waals surface area (Å²) in [6.45, 7) is 6.30. The molecule has 0 radical (unpaired) electrons. The third kappa shape index (κ3) is 2.26. The summed E-state index contributed by atoms with van der Waals surface area (Å²) in [5.74, 6) is 0.903. The molecule has 0 heterocycles. The molecule has 1 atom stereocenters. The molecule has 1 aromatic carbocycles. The highest BCUT2D eigenvalue weighted by Crippen LogP contribution is 2.48. The molecular formula is C16H24O2. The molecule has 0 aliphatic heterocycles. The van der Waals surface area contributed by atoms with E-state index in [2.05, 4.69) is 19.9 Å². The van der Waals surface area contributed by atoms with Crippen molar-refractivity contribution >= 4 is 0 Å². The van der Waals surface area contributed by atoms with E-state index in [1.54, 1.807) is 7.11 Å². The summed E-state index contributed by atoms with van der Waals surface area (Å²) in [5.41, 5.74) is 3.33. The summed E-state index contributed by atoms with van der Waals surface area (Å²) in [6, 6.07) is 4.12. The van der Waals surface area contributed by atoms with E-state index in [-0.39, 0.29) is 11.5 Å². The first-order valence-electron chi connectivity index (χ1n) is 6.81. The van der Waals surface area contributed by atoms with Crippen LogP contribution in [0.2, 0.25) is 0 Å². The molecule has 1 aromatic rings. The SMILES string of the molecule is COc1cc(C)c(C(O)C2(C)CCCC2)cc1C. The normalized spacial score (nSPS) is 19.8. The van der Waals surface area contributed by atoms with Gasteiger partial charge in [0.15, 0.2) is 0 Å². The van der Waals surface area contributed by atoms with Crippen molar-refractivity contribution in [3.8, 4) is 5.75 Å². The van der Waals surface area contributed by atoms with E-state index in [1.807, 2.05) is 13.0 Å². The average Bonchev–Trinajstić information content (AvgIpc) is 2.79. The van der Waals surface area contributed by atoms with Crippen LogP contribution in [-0.4, -0.2) is 12.2 Å². The molecule has 18 heavy (non-hydrogen) atoms. The van der Waals surface area contributed by atoms with Gasteiger partial charge in [-0.3, -0.25) is 0 Å². The van der Waals surface area contributed by atoms with Gasteiger partial charge in [0.2, 0.25) is 0 Å². The van der Waals surface area contributed by atoms with Gasteiger partial charge >= 0.3 is 0 Å². The number of hydrogen-bond acceptors (Lipinski definition) is 2. The maximum Gasteiger partial charge on any atom is 0.122 e. The molecule has 0 spiro atoms. The number of methoxy groups -OCH3 is 1. The molecule has 100 valence electrons. The van der Waals surface area contributed by atoms with E-state index in [4.69, 9.17) is 4.74 Å². The minimum absolute atomic E-state index is 0.0474. The fourth-order valence-corrected chi connectivity index (χ4v) is 3.16. The first kappa shape index (κ1) is 13.4. The highest BCUT2D eigenvalue weighted by Gasteiger charge is 2.37.